The highest BCUT2D eigenvalue weighted by atomic mass is 35.5. The van der Waals surface area contributed by atoms with Crippen molar-refractivity contribution in [2.24, 2.45) is 0 Å². The molecule has 0 saturated heterocycles. The lowest BCUT2D eigenvalue weighted by molar-refractivity contribution is -0.127. The van der Waals surface area contributed by atoms with Gasteiger partial charge >= 0.3 is 6.18 Å². The molecule has 2 rings (SSSR count). The van der Waals surface area contributed by atoms with Gasteiger partial charge in [-0.3, -0.25) is 0 Å². The van der Waals surface area contributed by atoms with Gasteiger partial charge in [-0.2, -0.15) is 13.2 Å². The van der Waals surface area contributed by atoms with Crippen molar-refractivity contribution in [1.82, 2.24) is 0 Å². The third-order valence-corrected chi connectivity index (χ3v) is 3.59. The molecule has 21 heavy (non-hydrogen) atoms. The highest BCUT2D eigenvalue weighted by Gasteiger charge is 2.29. The first kappa shape index (κ1) is 15.9. The van der Waals surface area contributed by atoms with E-state index in [1.807, 2.05) is 19.9 Å². The predicted octanol–water partition coefficient (Wildman–Crippen LogP) is 5.78. The summed E-state index contributed by atoms with van der Waals surface area (Å²) in [6, 6.07) is 11.4. The summed E-state index contributed by atoms with van der Waals surface area (Å²) in [6.07, 6.45) is -4.49. The highest BCUT2D eigenvalue weighted by molar-refractivity contribution is 6.30. The lowest BCUT2D eigenvalue weighted by Crippen LogP contribution is -2.12. The average Bonchev–Trinajstić information content (AvgIpc) is 2.40. The lowest BCUT2D eigenvalue weighted by atomic mass is 9.92. The Kier molecular flexibility index (Phi) is 4.62. The summed E-state index contributed by atoms with van der Waals surface area (Å²) in [5, 5.41) is 0.513. The van der Waals surface area contributed by atoms with E-state index in [2.05, 4.69) is 6.07 Å². The Hall–Kier alpha value is -1.48. The van der Waals surface area contributed by atoms with Crippen molar-refractivity contribution >= 4 is 11.6 Å². The largest absolute Gasteiger partial charge is 0.393 e. The second-order valence-corrected chi connectivity index (χ2v) is 5.44. The maximum absolute atomic E-state index is 12.8. The van der Waals surface area contributed by atoms with E-state index in [9.17, 15) is 13.2 Å². The van der Waals surface area contributed by atoms with E-state index in [4.69, 9.17) is 11.6 Å². The summed E-state index contributed by atoms with van der Waals surface area (Å²) in [5.74, 6) is 0. The van der Waals surface area contributed by atoms with E-state index in [-0.39, 0.29) is 5.56 Å². The van der Waals surface area contributed by atoms with Crippen molar-refractivity contribution < 1.29 is 13.2 Å². The van der Waals surface area contributed by atoms with Gasteiger partial charge in [0, 0.05) is 5.02 Å². The lowest BCUT2D eigenvalue weighted by Gasteiger charge is -2.15. The SMILES string of the molecule is CCc1[c]cc(CC(F)(F)F)c(-c2cc(Cl)ccc2C)c1. The zero-order chi connectivity index (χ0) is 15.6. The minimum atomic E-state index is -4.25. The first-order valence-corrected chi connectivity index (χ1v) is 7.04. The van der Waals surface area contributed by atoms with Crippen LogP contribution in [0.1, 0.15) is 23.6 Å². The second kappa shape index (κ2) is 6.10. The molecular formula is C17H15ClF3. The normalized spacial score (nSPS) is 11.7. The molecule has 4 heteroatoms. The van der Waals surface area contributed by atoms with E-state index >= 15 is 0 Å². The summed E-state index contributed by atoms with van der Waals surface area (Å²) in [6.45, 7) is 3.81. The first-order chi connectivity index (χ1) is 9.80. The Morgan fingerprint density at radius 2 is 1.86 bits per heavy atom. The fourth-order valence-corrected chi connectivity index (χ4v) is 2.44. The van der Waals surface area contributed by atoms with Crippen LogP contribution in [0.15, 0.2) is 30.3 Å². The third kappa shape index (κ3) is 4.01. The van der Waals surface area contributed by atoms with Crippen LogP contribution in [-0.2, 0) is 12.8 Å². The Morgan fingerprint density at radius 3 is 2.48 bits per heavy atom. The molecule has 2 aromatic rings. The molecule has 0 fully saturated rings. The Labute approximate surface area is 127 Å². The van der Waals surface area contributed by atoms with Crippen LogP contribution in [0.3, 0.4) is 0 Å². The van der Waals surface area contributed by atoms with Gasteiger partial charge in [0.05, 0.1) is 6.42 Å². The van der Waals surface area contributed by atoms with Gasteiger partial charge in [0.1, 0.15) is 0 Å². The molecule has 111 valence electrons. The molecule has 0 bridgehead atoms. The quantitative estimate of drug-likeness (QED) is 0.673. The molecular weight excluding hydrogens is 297 g/mol. The van der Waals surface area contributed by atoms with E-state index < -0.39 is 12.6 Å². The maximum atomic E-state index is 12.8. The van der Waals surface area contributed by atoms with Gasteiger partial charge in [0.15, 0.2) is 0 Å². The molecule has 0 unspecified atom stereocenters. The smallest absolute Gasteiger partial charge is 0.171 e. The number of halogens is 4. The van der Waals surface area contributed by atoms with Crippen LogP contribution in [-0.4, -0.2) is 6.18 Å². The summed E-state index contributed by atoms with van der Waals surface area (Å²) in [5.41, 5.74) is 3.34. The van der Waals surface area contributed by atoms with E-state index in [0.717, 1.165) is 23.1 Å². The average molecular weight is 312 g/mol. The summed E-state index contributed by atoms with van der Waals surface area (Å²) in [7, 11) is 0. The van der Waals surface area contributed by atoms with E-state index in [1.54, 1.807) is 18.2 Å². The minimum Gasteiger partial charge on any atom is -0.171 e. The second-order valence-electron chi connectivity index (χ2n) is 5.00. The summed E-state index contributed by atoms with van der Waals surface area (Å²) in [4.78, 5) is 0. The molecule has 0 saturated carbocycles. The van der Waals surface area contributed by atoms with Crippen molar-refractivity contribution in [1.29, 1.82) is 0 Å². The molecule has 1 radical (unpaired) electrons. The van der Waals surface area contributed by atoms with Gasteiger partial charge in [-0.1, -0.05) is 30.7 Å². The zero-order valence-electron chi connectivity index (χ0n) is 11.8. The van der Waals surface area contributed by atoms with Crippen LogP contribution in [0.25, 0.3) is 11.1 Å². The molecule has 0 nitrogen and oxygen atoms in total. The monoisotopic (exact) mass is 311 g/mol. The van der Waals surface area contributed by atoms with Gasteiger partial charge < -0.3 is 0 Å². The van der Waals surface area contributed by atoms with Crippen LogP contribution in [0.2, 0.25) is 5.02 Å². The number of rotatable bonds is 3. The minimum absolute atomic E-state index is 0.227. The first-order valence-electron chi connectivity index (χ1n) is 6.67. The molecule has 0 N–H and O–H groups in total. The van der Waals surface area contributed by atoms with Crippen LogP contribution in [0.4, 0.5) is 13.2 Å². The van der Waals surface area contributed by atoms with Gasteiger partial charge in [-0.15, -0.1) is 0 Å². The van der Waals surface area contributed by atoms with Crippen LogP contribution >= 0.6 is 11.6 Å². The van der Waals surface area contributed by atoms with Crippen molar-refractivity contribution in [3.05, 3.63) is 58.1 Å². The molecule has 0 atom stereocenters. The highest BCUT2D eigenvalue weighted by Crippen LogP contribution is 2.33. The van der Waals surface area contributed by atoms with Gasteiger partial charge in [-0.25, -0.2) is 0 Å². The molecule has 0 aliphatic rings. The van der Waals surface area contributed by atoms with Crippen molar-refractivity contribution in [3.63, 3.8) is 0 Å². The van der Waals surface area contributed by atoms with Crippen molar-refractivity contribution in [3.8, 4) is 11.1 Å². The van der Waals surface area contributed by atoms with Gasteiger partial charge in [0.2, 0.25) is 0 Å². The van der Waals surface area contributed by atoms with E-state index in [0.29, 0.717) is 10.6 Å². The fraction of sp³-hybridized carbons (Fsp3) is 0.294. The van der Waals surface area contributed by atoms with Gasteiger partial charge in [0.25, 0.3) is 0 Å². The summed E-state index contributed by atoms with van der Waals surface area (Å²) >= 11 is 6.00. The molecule has 2 aromatic carbocycles. The maximum Gasteiger partial charge on any atom is 0.393 e. The topological polar surface area (TPSA) is 0 Å². The Morgan fingerprint density at radius 1 is 1.14 bits per heavy atom. The summed E-state index contributed by atoms with van der Waals surface area (Å²) < 4.78 is 38.3. The molecule has 0 amide bonds. The number of aryl methyl sites for hydroxylation is 2. The van der Waals surface area contributed by atoms with Crippen LogP contribution in [0, 0.1) is 13.0 Å². The number of alkyl halides is 3. The molecule has 0 aliphatic heterocycles. The van der Waals surface area contributed by atoms with Crippen LogP contribution < -0.4 is 0 Å². The number of hydrogen-bond acceptors (Lipinski definition) is 0. The molecule has 0 aromatic heterocycles. The standard InChI is InChI=1S/C17H15ClF3/c1-3-12-5-6-13(10-17(19,20)21)16(8-12)15-9-14(18)7-4-11(15)2/h4,6-9H,3,10H2,1-2H3. The van der Waals surface area contributed by atoms with Crippen LogP contribution in [0.5, 0.6) is 0 Å². The fourth-order valence-electron chi connectivity index (χ4n) is 2.27. The van der Waals surface area contributed by atoms with Gasteiger partial charge in [-0.05, 0) is 65.4 Å². The number of benzene rings is 2. The van der Waals surface area contributed by atoms with Crippen molar-refractivity contribution in [2.45, 2.75) is 32.9 Å². The predicted molar refractivity (Wildman–Crippen MR) is 79.6 cm³/mol. The third-order valence-electron chi connectivity index (χ3n) is 3.36. The Bertz CT molecular complexity index is 645. The zero-order valence-corrected chi connectivity index (χ0v) is 12.6. The molecule has 0 heterocycles. The van der Waals surface area contributed by atoms with E-state index in [1.165, 1.54) is 6.07 Å². The molecule has 0 aliphatic carbocycles. The van der Waals surface area contributed by atoms with Crippen molar-refractivity contribution in [2.75, 3.05) is 0 Å². The Balaban J connectivity index is 2.61. The molecule has 0 spiro atoms. The number of hydrogen-bond donors (Lipinski definition) is 0.